The number of hydrogen-bond donors (Lipinski definition) is 1. The van der Waals surface area contributed by atoms with Crippen molar-refractivity contribution in [3.8, 4) is 0 Å². The van der Waals surface area contributed by atoms with Crippen molar-refractivity contribution < 1.29 is 9.84 Å². The minimum absolute atomic E-state index is 0.298. The third kappa shape index (κ3) is 8.37. The summed E-state index contributed by atoms with van der Waals surface area (Å²) in [6, 6.07) is 15.0. The van der Waals surface area contributed by atoms with E-state index in [-0.39, 0.29) is 6.10 Å². The van der Waals surface area contributed by atoms with E-state index in [4.69, 9.17) is 4.74 Å². The summed E-state index contributed by atoms with van der Waals surface area (Å²) in [7, 11) is 0. The molecule has 138 valence electrons. The Labute approximate surface area is 159 Å². The maximum atomic E-state index is 10.1. The molecule has 0 saturated carbocycles. The van der Waals surface area contributed by atoms with Crippen LogP contribution in [0.4, 0.5) is 0 Å². The third-order valence-electron chi connectivity index (χ3n) is 4.37. The van der Waals surface area contributed by atoms with Gasteiger partial charge in [0.2, 0.25) is 0 Å². The third-order valence-corrected chi connectivity index (χ3v) is 6.75. The molecule has 3 heteroatoms. The van der Waals surface area contributed by atoms with E-state index in [2.05, 4.69) is 49.4 Å². The number of rotatable bonds is 13. The summed E-state index contributed by atoms with van der Waals surface area (Å²) in [5.74, 6) is 0. The average Bonchev–Trinajstić information content (AvgIpc) is 2.65. The van der Waals surface area contributed by atoms with Crippen molar-refractivity contribution in [3.05, 3.63) is 42.5 Å². The molecule has 0 fully saturated rings. The van der Waals surface area contributed by atoms with Crippen LogP contribution in [0.5, 0.6) is 0 Å². The van der Waals surface area contributed by atoms with Gasteiger partial charge in [-0.25, -0.2) is 0 Å². The Balaban J connectivity index is 1.54. The van der Waals surface area contributed by atoms with Crippen LogP contribution in [-0.2, 0) is 4.74 Å². The number of hydrogen-bond acceptors (Lipinski definition) is 2. The van der Waals surface area contributed by atoms with Crippen LogP contribution in [0.15, 0.2) is 42.5 Å². The summed E-state index contributed by atoms with van der Waals surface area (Å²) >= 11 is 0.298. The summed E-state index contributed by atoms with van der Waals surface area (Å²) < 4.78 is 6.99. The fourth-order valence-electron chi connectivity index (χ4n) is 2.88. The Kier molecular flexibility index (Phi) is 10.2. The Morgan fingerprint density at radius 2 is 1.64 bits per heavy atom. The van der Waals surface area contributed by atoms with Crippen molar-refractivity contribution in [2.75, 3.05) is 13.2 Å². The first kappa shape index (κ1) is 20.5. The molecule has 0 aliphatic carbocycles. The molecule has 2 rings (SSSR count). The summed E-state index contributed by atoms with van der Waals surface area (Å²) in [6.45, 7) is 3.51. The maximum absolute atomic E-state index is 10.1. The molecule has 0 aromatic heterocycles. The Hall–Kier alpha value is -0.861. The van der Waals surface area contributed by atoms with Gasteiger partial charge in [0.15, 0.2) is 0 Å². The van der Waals surface area contributed by atoms with Crippen molar-refractivity contribution in [3.63, 3.8) is 0 Å². The van der Waals surface area contributed by atoms with Crippen molar-refractivity contribution >= 4 is 30.2 Å². The van der Waals surface area contributed by atoms with E-state index in [1.54, 1.807) is 0 Å². The predicted molar refractivity (Wildman–Crippen MR) is 109 cm³/mol. The van der Waals surface area contributed by atoms with Gasteiger partial charge in [-0.3, -0.25) is 0 Å². The summed E-state index contributed by atoms with van der Waals surface area (Å²) in [4.78, 5) is 0. The van der Waals surface area contributed by atoms with E-state index in [0.717, 1.165) is 18.3 Å². The van der Waals surface area contributed by atoms with Crippen LogP contribution in [0.3, 0.4) is 0 Å². The van der Waals surface area contributed by atoms with Gasteiger partial charge in [0, 0.05) is 0 Å². The van der Waals surface area contributed by atoms with Crippen LogP contribution in [0.1, 0.15) is 51.9 Å². The van der Waals surface area contributed by atoms with Crippen LogP contribution >= 0.6 is 0 Å². The van der Waals surface area contributed by atoms with E-state index in [1.807, 2.05) is 0 Å². The van der Waals surface area contributed by atoms with E-state index < -0.39 is 0 Å². The number of aliphatic hydroxyl groups is 1. The molecule has 0 amide bonds. The van der Waals surface area contributed by atoms with Crippen molar-refractivity contribution in [2.45, 2.75) is 63.3 Å². The topological polar surface area (TPSA) is 29.5 Å². The van der Waals surface area contributed by atoms with Crippen molar-refractivity contribution in [2.24, 2.45) is 0 Å². The molecule has 0 radical (unpaired) electrons. The van der Waals surface area contributed by atoms with Gasteiger partial charge in [0.1, 0.15) is 0 Å². The summed E-state index contributed by atoms with van der Waals surface area (Å²) in [5, 5.41) is 13.5. The van der Waals surface area contributed by atoms with Gasteiger partial charge in [0.25, 0.3) is 0 Å². The van der Waals surface area contributed by atoms with Gasteiger partial charge in [-0.1, -0.05) is 6.92 Å². The molecule has 0 aliphatic heterocycles. The molecule has 2 aromatic rings. The van der Waals surface area contributed by atoms with Gasteiger partial charge >= 0.3 is 152 Å². The first-order chi connectivity index (χ1) is 12.3. The van der Waals surface area contributed by atoms with Gasteiger partial charge in [-0.05, 0) is 0 Å². The van der Waals surface area contributed by atoms with Crippen LogP contribution < -0.4 is 4.46 Å². The molecule has 2 nitrogen and oxygen atoms in total. The number of fused-ring (bicyclic) bond motifs is 1. The molecule has 0 spiro atoms. The molecule has 0 heterocycles. The molecular weight excluding hydrogens is 375 g/mol. The molecule has 25 heavy (non-hydrogen) atoms. The molecule has 0 aliphatic rings. The standard InChI is InChI=1S/C22H32O2Se/c1-2-3-4-5-6-7-10-15-24-17-21(23)18-25-22-14-13-19-11-8-9-12-20(19)16-22/h8-9,11-14,16,21,23H,2-7,10,15,17-18H2,1H3. The van der Waals surface area contributed by atoms with Gasteiger partial charge in [-0.2, -0.15) is 0 Å². The van der Waals surface area contributed by atoms with Crippen LogP contribution in [-0.4, -0.2) is 39.4 Å². The van der Waals surface area contributed by atoms with Gasteiger partial charge in [-0.15, -0.1) is 0 Å². The van der Waals surface area contributed by atoms with Crippen molar-refractivity contribution in [1.29, 1.82) is 0 Å². The second kappa shape index (κ2) is 12.5. The summed E-state index contributed by atoms with van der Waals surface area (Å²) in [6.07, 6.45) is 8.74. The van der Waals surface area contributed by atoms with E-state index in [1.165, 1.54) is 53.8 Å². The number of aliphatic hydroxyl groups excluding tert-OH is 1. The molecule has 2 aromatic carbocycles. The Bertz CT molecular complexity index is 599. The van der Waals surface area contributed by atoms with Crippen LogP contribution in [0.25, 0.3) is 10.8 Å². The number of benzene rings is 2. The molecule has 0 saturated heterocycles. The van der Waals surface area contributed by atoms with Crippen LogP contribution in [0, 0.1) is 0 Å². The average molecular weight is 407 g/mol. The Morgan fingerprint density at radius 1 is 0.920 bits per heavy atom. The van der Waals surface area contributed by atoms with E-state index in [9.17, 15) is 5.11 Å². The first-order valence-electron chi connectivity index (χ1n) is 9.67. The molecule has 1 atom stereocenters. The fourth-order valence-corrected chi connectivity index (χ4v) is 4.67. The normalized spacial score (nSPS) is 12.6. The zero-order valence-corrected chi connectivity index (χ0v) is 17.2. The van der Waals surface area contributed by atoms with Crippen molar-refractivity contribution in [1.82, 2.24) is 0 Å². The number of ether oxygens (including phenoxy) is 1. The first-order valence-corrected chi connectivity index (χ1v) is 11.7. The Morgan fingerprint density at radius 3 is 2.44 bits per heavy atom. The quantitative estimate of drug-likeness (QED) is 0.385. The SMILES string of the molecule is CCCCCCCCCOCC(O)C[Se]c1ccc2ccccc2c1. The second-order valence-corrected chi connectivity index (χ2v) is 8.96. The second-order valence-electron chi connectivity index (χ2n) is 6.67. The zero-order valence-electron chi connectivity index (χ0n) is 15.5. The summed E-state index contributed by atoms with van der Waals surface area (Å²) in [5.41, 5.74) is 0. The van der Waals surface area contributed by atoms with Crippen LogP contribution in [0.2, 0.25) is 5.32 Å². The van der Waals surface area contributed by atoms with Gasteiger partial charge < -0.3 is 0 Å². The zero-order chi connectivity index (χ0) is 17.7. The van der Waals surface area contributed by atoms with E-state index >= 15 is 0 Å². The molecule has 0 bridgehead atoms. The monoisotopic (exact) mass is 408 g/mol. The van der Waals surface area contributed by atoms with Gasteiger partial charge in [0.05, 0.1) is 0 Å². The molecular formula is C22H32O2Se. The molecule has 1 N–H and O–H groups in total. The fraction of sp³-hybridized carbons (Fsp3) is 0.545. The number of unbranched alkanes of at least 4 members (excludes halogenated alkanes) is 6. The van der Waals surface area contributed by atoms with E-state index in [0.29, 0.717) is 21.6 Å². The molecule has 1 unspecified atom stereocenters. The minimum atomic E-state index is -0.337. The predicted octanol–water partition coefficient (Wildman–Crippen LogP) is 4.72.